The van der Waals surface area contributed by atoms with Crippen LogP contribution >= 0.6 is 11.3 Å². The number of amides is 1. The van der Waals surface area contributed by atoms with Crippen LogP contribution in [0.4, 0.5) is 0 Å². The van der Waals surface area contributed by atoms with E-state index in [4.69, 9.17) is 9.40 Å². The summed E-state index contributed by atoms with van der Waals surface area (Å²) in [5.74, 6) is 1.68. The summed E-state index contributed by atoms with van der Waals surface area (Å²) < 4.78 is 5.89. The van der Waals surface area contributed by atoms with Crippen LogP contribution in [0.15, 0.2) is 46.2 Å². The van der Waals surface area contributed by atoms with Gasteiger partial charge in [-0.2, -0.15) is 0 Å². The van der Waals surface area contributed by atoms with Crippen molar-refractivity contribution in [3.05, 3.63) is 63.7 Å². The lowest BCUT2D eigenvalue weighted by Crippen LogP contribution is -2.48. The lowest BCUT2D eigenvalue weighted by molar-refractivity contribution is 0.0631. The molecule has 3 heterocycles. The second kappa shape index (κ2) is 7.66. The molecule has 4 rings (SSSR count). The Morgan fingerprint density at radius 1 is 1.11 bits per heavy atom. The zero-order valence-electron chi connectivity index (χ0n) is 15.6. The zero-order chi connectivity index (χ0) is 18.8. The Kier molecular flexibility index (Phi) is 5.09. The fraction of sp³-hybridized carbons (Fsp3) is 0.333. The Morgan fingerprint density at radius 3 is 2.52 bits per heavy atom. The molecule has 1 amide bonds. The molecule has 0 spiro atoms. The van der Waals surface area contributed by atoms with Gasteiger partial charge >= 0.3 is 0 Å². The molecule has 0 unspecified atom stereocenters. The predicted molar refractivity (Wildman–Crippen MR) is 107 cm³/mol. The maximum Gasteiger partial charge on any atom is 0.264 e. The molecule has 0 saturated carbocycles. The number of rotatable bonds is 4. The number of benzene rings is 1. The van der Waals surface area contributed by atoms with Gasteiger partial charge in [0, 0.05) is 38.3 Å². The normalized spacial score (nSPS) is 15.3. The van der Waals surface area contributed by atoms with Crippen molar-refractivity contribution < 1.29 is 9.21 Å². The number of carbonyl (C=O) groups excluding carboxylic acids is 1. The van der Waals surface area contributed by atoms with Crippen LogP contribution in [0.3, 0.4) is 0 Å². The molecule has 1 saturated heterocycles. The van der Waals surface area contributed by atoms with Crippen molar-refractivity contribution in [1.29, 1.82) is 0 Å². The van der Waals surface area contributed by atoms with E-state index in [1.165, 1.54) is 16.9 Å². The van der Waals surface area contributed by atoms with E-state index < -0.39 is 0 Å². The van der Waals surface area contributed by atoms with E-state index in [1.54, 1.807) is 0 Å². The molecule has 0 atom stereocenters. The van der Waals surface area contributed by atoms with Crippen LogP contribution in [0.1, 0.15) is 26.7 Å². The minimum atomic E-state index is 0.143. The van der Waals surface area contributed by atoms with Crippen molar-refractivity contribution in [2.24, 2.45) is 0 Å². The lowest BCUT2D eigenvalue weighted by atomic mass is 10.1. The van der Waals surface area contributed by atoms with E-state index in [0.29, 0.717) is 5.89 Å². The molecule has 0 aliphatic carbocycles. The highest BCUT2D eigenvalue weighted by atomic mass is 32.1. The van der Waals surface area contributed by atoms with Crippen molar-refractivity contribution in [3.63, 3.8) is 0 Å². The highest BCUT2D eigenvalue weighted by Gasteiger charge is 2.24. The van der Waals surface area contributed by atoms with Gasteiger partial charge in [-0.3, -0.25) is 9.69 Å². The molecule has 140 valence electrons. The minimum Gasteiger partial charge on any atom is -0.441 e. The predicted octanol–water partition coefficient (Wildman–Crippen LogP) is 3.98. The summed E-state index contributed by atoms with van der Waals surface area (Å²) in [6.45, 7) is 7.99. The van der Waals surface area contributed by atoms with Gasteiger partial charge in [0.25, 0.3) is 5.91 Å². The molecule has 1 aliphatic rings. The third-order valence-electron chi connectivity index (χ3n) is 4.96. The molecular weight excluding hydrogens is 358 g/mol. The zero-order valence-corrected chi connectivity index (χ0v) is 16.5. The average molecular weight is 382 g/mol. The van der Waals surface area contributed by atoms with Crippen LogP contribution in [0, 0.1) is 13.8 Å². The fourth-order valence-electron chi connectivity index (χ4n) is 3.27. The van der Waals surface area contributed by atoms with Crippen LogP contribution in [-0.2, 0) is 6.54 Å². The summed E-state index contributed by atoms with van der Waals surface area (Å²) >= 11 is 1.50. The first-order valence-electron chi connectivity index (χ1n) is 9.18. The van der Waals surface area contributed by atoms with Gasteiger partial charge < -0.3 is 9.32 Å². The first-order valence-corrected chi connectivity index (χ1v) is 10.1. The third kappa shape index (κ3) is 3.96. The maximum atomic E-state index is 12.5. The first kappa shape index (κ1) is 17.9. The number of nitrogens with zero attached hydrogens (tertiary/aromatic N) is 3. The Morgan fingerprint density at radius 2 is 1.85 bits per heavy atom. The Bertz CT molecular complexity index is 908. The summed E-state index contributed by atoms with van der Waals surface area (Å²) in [4.78, 5) is 22.3. The molecule has 1 fully saturated rings. The van der Waals surface area contributed by atoms with Gasteiger partial charge in [0.1, 0.15) is 5.76 Å². The van der Waals surface area contributed by atoms with Crippen molar-refractivity contribution in [2.45, 2.75) is 20.4 Å². The lowest BCUT2D eigenvalue weighted by Gasteiger charge is -2.34. The molecular formula is C21H23N3O2S. The molecule has 6 heteroatoms. The number of hydrogen-bond acceptors (Lipinski definition) is 5. The van der Waals surface area contributed by atoms with Crippen LogP contribution < -0.4 is 0 Å². The van der Waals surface area contributed by atoms with Gasteiger partial charge in [0.2, 0.25) is 5.89 Å². The molecule has 1 aromatic carbocycles. The monoisotopic (exact) mass is 381 g/mol. The van der Waals surface area contributed by atoms with Crippen molar-refractivity contribution in [3.8, 4) is 11.5 Å². The van der Waals surface area contributed by atoms with Gasteiger partial charge in [0.05, 0.1) is 10.6 Å². The molecule has 0 N–H and O–H groups in total. The number of carbonyl (C=O) groups is 1. The van der Waals surface area contributed by atoms with Gasteiger partial charge in [-0.15, -0.1) is 11.3 Å². The van der Waals surface area contributed by atoms with Crippen LogP contribution in [0.5, 0.6) is 0 Å². The number of oxazole rings is 1. The van der Waals surface area contributed by atoms with Crippen molar-refractivity contribution in [1.82, 2.24) is 14.8 Å². The SMILES string of the molecule is Cc1ccc(-c2nc(CN3CCN(C(=O)c4cccs4)CC3)c(C)o2)cc1. The van der Waals surface area contributed by atoms with E-state index in [2.05, 4.69) is 24.0 Å². The van der Waals surface area contributed by atoms with E-state index in [1.807, 2.05) is 41.5 Å². The third-order valence-corrected chi connectivity index (χ3v) is 5.81. The highest BCUT2D eigenvalue weighted by molar-refractivity contribution is 7.12. The molecule has 0 bridgehead atoms. The first-order chi connectivity index (χ1) is 13.1. The van der Waals surface area contributed by atoms with Gasteiger partial charge in [-0.05, 0) is 37.4 Å². The maximum absolute atomic E-state index is 12.5. The molecule has 5 nitrogen and oxygen atoms in total. The van der Waals surface area contributed by atoms with Crippen LogP contribution in [0.25, 0.3) is 11.5 Å². The Labute approximate surface area is 163 Å². The number of piperazine rings is 1. The van der Waals surface area contributed by atoms with Crippen molar-refractivity contribution in [2.75, 3.05) is 26.2 Å². The number of thiophene rings is 1. The molecule has 3 aromatic rings. The topological polar surface area (TPSA) is 49.6 Å². The van der Waals surface area contributed by atoms with Gasteiger partial charge in [0.15, 0.2) is 0 Å². The van der Waals surface area contributed by atoms with Crippen LogP contribution in [0.2, 0.25) is 0 Å². The second-order valence-electron chi connectivity index (χ2n) is 6.93. The van der Waals surface area contributed by atoms with Crippen LogP contribution in [-0.4, -0.2) is 46.9 Å². The van der Waals surface area contributed by atoms with E-state index >= 15 is 0 Å². The van der Waals surface area contributed by atoms with Crippen molar-refractivity contribution >= 4 is 17.2 Å². The average Bonchev–Trinajstić information content (AvgIpc) is 3.33. The number of hydrogen-bond donors (Lipinski definition) is 0. The van der Waals surface area contributed by atoms with Gasteiger partial charge in [-0.1, -0.05) is 23.8 Å². The van der Waals surface area contributed by atoms with E-state index in [9.17, 15) is 4.79 Å². The highest BCUT2D eigenvalue weighted by Crippen LogP contribution is 2.23. The standard InChI is InChI=1S/C21H23N3O2S/c1-15-5-7-17(8-6-15)20-22-18(16(2)26-20)14-23-9-11-24(12-10-23)21(25)19-4-3-13-27-19/h3-8,13H,9-12,14H2,1-2H3. The second-order valence-corrected chi connectivity index (χ2v) is 7.88. The number of aromatic nitrogens is 1. The molecule has 2 aromatic heterocycles. The summed E-state index contributed by atoms with van der Waals surface area (Å²) in [6.07, 6.45) is 0. The minimum absolute atomic E-state index is 0.143. The largest absolute Gasteiger partial charge is 0.441 e. The number of aryl methyl sites for hydroxylation is 2. The molecule has 0 radical (unpaired) electrons. The summed E-state index contributed by atoms with van der Waals surface area (Å²) in [6, 6.07) is 12.0. The quantitative estimate of drug-likeness (QED) is 0.686. The summed E-state index contributed by atoms with van der Waals surface area (Å²) in [5.41, 5.74) is 3.20. The smallest absolute Gasteiger partial charge is 0.264 e. The molecule has 1 aliphatic heterocycles. The molecule has 27 heavy (non-hydrogen) atoms. The van der Waals surface area contributed by atoms with Gasteiger partial charge in [-0.25, -0.2) is 4.98 Å². The summed E-state index contributed by atoms with van der Waals surface area (Å²) in [7, 11) is 0. The summed E-state index contributed by atoms with van der Waals surface area (Å²) in [5, 5.41) is 1.95. The van der Waals surface area contributed by atoms with E-state index in [0.717, 1.165) is 54.6 Å². The van der Waals surface area contributed by atoms with E-state index in [-0.39, 0.29) is 5.91 Å². The Balaban J connectivity index is 1.38. The fourth-order valence-corrected chi connectivity index (χ4v) is 3.96. The Hall–Kier alpha value is -2.44.